The molecule has 0 saturated carbocycles. The molecule has 0 amide bonds. The van der Waals surface area contributed by atoms with Gasteiger partial charge in [-0.25, -0.2) is 0 Å². The van der Waals surface area contributed by atoms with Gasteiger partial charge in [-0.15, -0.1) is 0 Å². The summed E-state index contributed by atoms with van der Waals surface area (Å²) >= 11 is 0. The van der Waals surface area contributed by atoms with Crippen LogP contribution in [0.3, 0.4) is 0 Å². The van der Waals surface area contributed by atoms with Crippen LogP contribution in [0.15, 0.2) is 0 Å². The van der Waals surface area contributed by atoms with Crippen LogP contribution in [-0.4, -0.2) is 48.6 Å². The molecule has 0 aromatic heterocycles. The van der Waals surface area contributed by atoms with Gasteiger partial charge in [0.15, 0.2) is 0 Å². The molecule has 0 radical (unpaired) electrons. The molecule has 0 N–H and O–H groups in total. The van der Waals surface area contributed by atoms with E-state index in [9.17, 15) is 0 Å². The van der Waals surface area contributed by atoms with Crippen molar-refractivity contribution in [3.05, 3.63) is 0 Å². The number of hydrogen-bond donors (Lipinski definition) is 0. The highest BCUT2D eigenvalue weighted by Crippen LogP contribution is 2.34. The van der Waals surface area contributed by atoms with E-state index in [1.165, 1.54) is 39.1 Å². The molecular formula is C15H30N2. The lowest BCUT2D eigenvalue weighted by molar-refractivity contribution is 0.0145. The van der Waals surface area contributed by atoms with Gasteiger partial charge >= 0.3 is 0 Å². The zero-order valence-corrected chi connectivity index (χ0v) is 12.4. The lowest BCUT2D eigenvalue weighted by atomic mass is 9.76. The fourth-order valence-electron chi connectivity index (χ4n) is 3.11. The molecule has 2 saturated heterocycles. The first kappa shape index (κ1) is 13.4. The van der Waals surface area contributed by atoms with E-state index in [0.29, 0.717) is 5.41 Å². The minimum atomic E-state index is 0.510. The lowest BCUT2D eigenvalue weighted by Gasteiger charge is -2.47. The Hall–Kier alpha value is -0.0800. The van der Waals surface area contributed by atoms with Crippen LogP contribution in [0.1, 0.15) is 41.0 Å². The van der Waals surface area contributed by atoms with Gasteiger partial charge in [-0.1, -0.05) is 20.8 Å². The molecule has 2 fully saturated rings. The zero-order chi connectivity index (χ0) is 12.6. The maximum absolute atomic E-state index is 2.67. The average Bonchev–Trinajstić information content (AvgIpc) is 2.56. The third-order valence-electron chi connectivity index (χ3n) is 4.75. The molecule has 0 aromatic rings. The lowest BCUT2D eigenvalue weighted by Crippen LogP contribution is -2.53. The first-order chi connectivity index (χ1) is 7.86. The molecule has 2 aliphatic heterocycles. The Morgan fingerprint density at radius 1 is 1.12 bits per heavy atom. The summed E-state index contributed by atoms with van der Waals surface area (Å²) in [6, 6.07) is 0.735. The largest absolute Gasteiger partial charge is 0.302 e. The molecule has 2 nitrogen and oxygen atoms in total. The van der Waals surface area contributed by atoms with Crippen molar-refractivity contribution in [2.75, 3.05) is 32.7 Å². The number of likely N-dealkylation sites (tertiary alicyclic amines) is 2. The van der Waals surface area contributed by atoms with E-state index in [0.717, 1.165) is 17.9 Å². The Morgan fingerprint density at radius 2 is 1.76 bits per heavy atom. The van der Waals surface area contributed by atoms with Gasteiger partial charge in [0.1, 0.15) is 0 Å². The van der Waals surface area contributed by atoms with Crippen LogP contribution in [0.2, 0.25) is 0 Å². The predicted octanol–water partition coefficient (Wildman–Crippen LogP) is 2.69. The van der Waals surface area contributed by atoms with Crippen molar-refractivity contribution in [1.82, 2.24) is 9.80 Å². The minimum Gasteiger partial charge on any atom is -0.302 e. The van der Waals surface area contributed by atoms with Gasteiger partial charge in [-0.05, 0) is 44.1 Å². The average molecular weight is 238 g/mol. The normalized spacial score (nSPS) is 28.9. The predicted molar refractivity (Wildman–Crippen MR) is 74.2 cm³/mol. The Balaban J connectivity index is 1.68. The summed E-state index contributed by atoms with van der Waals surface area (Å²) in [7, 11) is 0. The van der Waals surface area contributed by atoms with Gasteiger partial charge in [0.05, 0.1) is 0 Å². The molecule has 0 bridgehead atoms. The van der Waals surface area contributed by atoms with Crippen LogP contribution in [0.5, 0.6) is 0 Å². The van der Waals surface area contributed by atoms with Crippen LogP contribution in [0.4, 0.5) is 0 Å². The van der Waals surface area contributed by atoms with Crippen molar-refractivity contribution in [1.29, 1.82) is 0 Å². The minimum absolute atomic E-state index is 0.510. The summed E-state index contributed by atoms with van der Waals surface area (Å²) < 4.78 is 0. The zero-order valence-electron chi connectivity index (χ0n) is 12.4. The SMILES string of the molecule is CC(C)N1CCC(CN2CC(C(C)(C)C)C2)C1. The Morgan fingerprint density at radius 3 is 2.24 bits per heavy atom. The Kier molecular flexibility index (Phi) is 3.84. The quantitative estimate of drug-likeness (QED) is 0.746. The third-order valence-corrected chi connectivity index (χ3v) is 4.75. The van der Waals surface area contributed by atoms with Crippen LogP contribution >= 0.6 is 0 Å². The van der Waals surface area contributed by atoms with Gasteiger partial charge in [0.2, 0.25) is 0 Å². The molecule has 1 atom stereocenters. The van der Waals surface area contributed by atoms with Crippen LogP contribution in [-0.2, 0) is 0 Å². The van der Waals surface area contributed by atoms with Gasteiger partial charge < -0.3 is 9.80 Å². The van der Waals surface area contributed by atoms with Gasteiger partial charge in [-0.2, -0.15) is 0 Å². The summed E-state index contributed by atoms with van der Waals surface area (Å²) in [5.41, 5.74) is 0.510. The van der Waals surface area contributed by atoms with Crippen LogP contribution < -0.4 is 0 Å². The maximum atomic E-state index is 2.67. The third kappa shape index (κ3) is 3.23. The van der Waals surface area contributed by atoms with Gasteiger partial charge in [0.25, 0.3) is 0 Å². The fourth-order valence-corrected chi connectivity index (χ4v) is 3.11. The molecule has 100 valence electrons. The summed E-state index contributed by atoms with van der Waals surface area (Å²) in [5.74, 6) is 1.85. The van der Waals surface area contributed by atoms with Crippen LogP contribution in [0.25, 0.3) is 0 Å². The topological polar surface area (TPSA) is 6.48 Å². The number of hydrogen-bond acceptors (Lipinski definition) is 2. The van der Waals surface area contributed by atoms with Crippen molar-refractivity contribution in [3.8, 4) is 0 Å². The van der Waals surface area contributed by atoms with Gasteiger partial charge in [0, 0.05) is 32.2 Å². The second-order valence-corrected chi connectivity index (χ2v) is 7.52. The molecule has 2 heterocycles. The van der Waals surface area contributed by atoms with Crippen molar-refractivity contribution >= 4 is 0 Å². The molecule has 0 aliphatic carbocycles. The highest BCUT2D eigenvalue weighted by molar-refractivity contribution is 4.90. The first-order valence-electron chi connectivity index (χ1n) is 7.32. The van der Waals surface area contributed by atoms with E-state index in [1.807, 2.05) is 0 Å². The second-order valence-electron chi connectivity index (χ2n) is 7.52. The molecule has 17 heavy (non-hydrogen) atoms. The van der Waals surface area contributed by atoms with Crippen LogP contribution in [0, 0.1) is 17.3 Å². The van der Waals surface area contributed by atoms with E-state index < -0.39 is 0 Å². The van der Waals surface area contributed by atoms with Crippen molar-refractivity contribution in [2.24, 2.45) is 17.3 Å². The fraction of sp³-hybridized carbons (Fsp3) is 1.00. The first-order valence-corrected chi connectivity index (χ1v) is 7.32. The van der Waals surface area contributed by atoms with E-state index in [1.54, 1.807) is 0 Å². The van der Waals surface area contributed by atoms with Gasteiger partial charge in [-0.3, -0.25) is 0 Å². The number of nitrogens with zero attached hydrogens (tertiary/aromatic N) is 2. The van der Waals surface area contributed by atoms with E-state index in [2.05, 4.69) is 44.4 Å². The van der Waals surface area contributed by atoms with Crippen molar-refractivity contribution < 1.29 is 0 Å². The second kappa shape index (κ2) is 4.89. The molecule has 0 spiro atoms. The maximum Gasteiger partial charge on any atom is 0.00387 e. The monoisotopic (exact) mass is 238 g/mol. The Labute approximate surface area is 107 Å². The molecule has 2 heteroatoms. The highest BCUT2D eigenvalue weighted by atomic mass is 15.2. The standard InChI is InChI=1S/C15H30N2/c1-12(2)17-7-6-13(9-17)8-16-10-14(11-16)15(3,4)5/h12-14H,6-11H2,1-5H3. The Bertz CT molecular complexity index is 248. The molecule has 0 aromatic carbocycles. The number of rotatable bonds is 3. The van der Waals surface area contributed by atoms with E-state index >= 15 is 0 Å². The molecule has 1 unspecified atom stereocenters. The smallest absolute Gasteiger partial charge is 0.00387 e. The van der Waals surface area contributed by atoms with E-state index in [-0.39, 0.29) is 0 Å². The summed E-state index contributed by atoms with van der Waals surface area (Å²) in [6.45, 7) is 18.4. The summed E-state index contributed by atoms with van der Waals surface area (Å²) in [4.78, 5) is 5.30. The highest BCUT2D eigenvalue weighted by Gasteiger charge is 2.37. The van der Waals surface area contributed by atoms with Crippen molar-refractivity contribution in [2.45, 2.75) is 47.1 Å². The molecule has 2 aliphatic rings. The summed E-state index contributed by atoms with van der Waals surface area (Å²) in [5, 5.41) is 0. The van der Waals surface area contributed by atoms with E-state index in [4.69, 9.17) is 0 Å². The molecule has 2 rings (SSSR count). The molecular weight excluding hydrogens is 208 g/mol. The summed E-state index contributed by atoms with van der Waals surface area (Å²) in [6.07, 6.45) is 1.41. The van der Waals surface area contributed by atoms with Crippen molar-refractivity contribution in [3.63, 3.8) is 0 Å².